The molecule has 0 saturated carbocycles. The highest BCUT2D eigenvalue weighted by Crippen LogP contribution is 2.29. The highest BCUT2D eigenvalue weighted by molar-refractivity contribution is 7.90. The number of rotatable bonds is 4. The number of hydrogen-bond acceptors (Lipinski definition) is 3. The first kappa shape index (κ1) is 23.2. The van der Waals surface area contributed by atoms with Gasteiger partial charge in [-0.2, -0.15) is 0 Å². The topological polar surface area (TPSA) is 87.0 Å². The summed E-state index contributed by atoms with van der Waals surface area (Å²) in [6, 6.07) is 17.1. The van der Waals surface area contributed by atoms with E-state index >= 15 is 0 Å². The lowest BCUT2D eigenvalue weighted by atomic mass is 9.98. The summed E-state index contributed by atoms with van der Waals surface area (Å²) in [5.74, 6) is -2.61. The van der Waals surface area contributed by atoms with Crippen LogP contribution in [0.15, 0.2) is 71.8 Å². The van der Waals surface area contributed by atoms with E-state index in [1.54, 1.807) is 7.05 Å². The van der Waals surface area contributed by atoms with Crippen LogP contribution in [-0.4, -0.2) is 20.7 Å². The molecule has 2 heterocycles. The van der Waals surface area contributed by atoms with E-state index in [2.05, 4.69) is 22.2 Å². The monoisotopic (exact) mass is 494 g/mol. The number of benzene rings is 3. The van der Waals surface area contributed by atoms with E-state index in [0.29, 0.717) is 24.8 Å². The molecule has 6 nitrogen and oxygen atoms in total. The van der Waals surface area contributed by atoms with Gasteiger partial charge in [-0.3, -0.25) is 4.79 Å². The van der Waals surface area contributed by atoms with Crippen molar-refractivity contribution >= 4 is 32.3 Å². The number of amides is 1. The smallest absolute Gasteiger partial charge is 0.272 e. The molecule has 0 saturated heterocycles. The first-order valence-corrected chi connectivity index (χ1v) is 12.8. The minimum Gasteiger partial charge on any atom is -0.345 e. The summed E-state index contributed by atoms with van der Waals surface area (Å²) in [5, 5.41) is 4.83. The van der Waals surface area contributed by atoms with E-state index in [1.165, 1.54) is 16.8 Å². The zero-order valence-electron chi connectivity index (χ0n) is 19.0. The van der Waals surface area contributed by atoms with Crippen molar-refractivity contribution in [3.63, 3.8) is 0 Å². The van der Waals surface area contributed by atoms with Crippen molar-refractivity contribution in [2.75, 3.05) is 5.32 Å². The molecule has 1 aliphatic rings. The van der Waals surface area contributed by atoms with Crippen LogP contribution in [0.4, 0.5) is 14.5 Å². The summed E-state index contributed by atoms with van der Waals surface area (Å²) in [7, 11) is -1.74. The second-order valence-electron chi connectivity index (χ2n) is 8.81. The molecule has 0 fully saturated rings. The molecule has 1 amide bonds. The lowest BCUT2D eigenvalue weighted by Crippen LogP contribution is -2.34. The molecule has 9 heteroatoms. The summed E-state index contributed by atoms with van der Waals surface area (Å²) in [6.07, 6.45) is 3.15. The van der Waals surface area contributed by atoms with Gasteiger partial charge < -0.3 is 9.88 Å². The van der Waals surface area contributed by atoms with Crippen LogP contribution < -0.4 is 10.0 Å². The van der Waals surface area contributed by atoms with Gasteiger partial charge in [0.2, 0.25) is 0 Å². The third-order valence-corrected chi connectivity index (χ3v) is 7.96. The number of nitrogens with one attached hydrogen (secondary N) is 3. The molecule has 1 aliphatic heterocycles. The van der Waals surface area contributed by atoms with Gasteiger partial charge in [-0.25, -0.2) is 22.5 Å². The third kappa shape index (κ3) is 4.56. The molecule has 35 heavy (non-hydrogen) atoms. The van der Waals surface area contributed by atoms with Crippen molar-refractivity contribution in [2.24, 2.45) is 7.05 Å². The Kier molecular flexibility index (Phi) is 5.90. The zero-order valence-corrected chi connectivity index (χ0v) is 19.8. The molecule has 0 aliphatic carbocycles. The Morgan fingerprint density at radius 3 is 2.66 bits per heavy atom. The largest absolute Gasteiger partial charge is 0.345 e. The number of nitrogens with zero attached hydrogens (tertiary/aromatic N) is 1. The van der Waals surface area contributed by atoms with Crippen LogP contribution in [0.5, 0.6) is 0 Å². The van der Waals surface area contributed by atoms with Crippen LogP contribution >= 0.6 is 0 Å². The van der Waals surface area contributed by atoms with Gasteiger partial charge in [0.1, 0.15) is 15.6 Å². The van der Waals surface area contributed by atoms with E-state index in [4.69, 9.17) is 4.78 Å². The number of aryl methyl sites for hydroxylation is 1. The molecule has 180 valence electrons. The van der Waals surface area contributed by atoms with Gasteiger partial charge in [-0.05, 0) is 47.7 Å². The Morgan fingerprint density at radius 2 is 1.89 bits per heavy atom. The molecule has 1 aromatic heterocycles. The lowest BCUT2D eigenvalue weighted by Gasteiger charge is -2.17. The van der Waals surface area contributed by atoms with Crippen molar-refractivity contribution in [3.05, 3.63) is 95.3 Å². The Balaban J connectivity index is 1.40. The van der Waals surface area contributed by atoms with Crippen molar-refractivity contribution in [1.82, 2.24) is 9.29 Å². The van der Waals surface area contributed by atoms with E-state index in [1.807, 2.05) is 30.3 Å². The fourth-order valence-electron chi connectivity index (χ4n) is 4.67. The van der Waals surface area contributed by atoms with Crippen LogP contribution in [0.3, 0.4) is 0 Å². The molecule has 3 aromatic carbocycles. The quantitative estimate of drug-likeness (QED) is 0.365. The lowest BCUT2D eigenvalue weighted by molar-refractivity contribution is 0.101. The molecule has 1 unspecified atom stereocenters. The second-order valence-corrected chi connectivity index (χ2v) is 10.6. The van der Waals surface area contributed by atoms with Gasteiger partial charge in [0, 0.05) is 36.6 Å². The predicted molar refractivity (Wildman–Crippen MR) is 132 cm³/mol. The molecule has 5 rings (SSSR count). The zero-order chi connectivity index (χ0) is 24.7. The first-order chi connectivity index (χ1) is 16.7. The van der Waals surface area contributed by atoms with E-state index in [9.17, 15) is 17.8 Å². The predicted octanol–water partition coefficient (Wildman–Crippen LogP) is 5.18. The second kappa shape index (κ2) is 8.90. The molecule has 0 spiro atoms. The van der Waals surface area contributed by atoms with Crippen LogP contribution in [0.2, 0.25) is 0 Å². The maximum absolute atomic E-state index is 13.6. The minimum atomic E-state index is -3.37. The van der Waals surface area contributed by atoms with Crippen molar-refractivity contribution in [1.29, 1.82) is 4.78 Å². The summed E-state index contributed by atoms with van der Waals surface area (Å²) in [5.41, 5.74) is 1.95. The number of carbonyl (C=O) groups excluding carboxylic acids is 1. The maximum atomic E-state index is 13.6. The Labute approximate surface area is 202 Å². The SMILES string of the molecule is Cn1cc2c(c1C(=O)Nc1ccc(F)c(F)c1)CC[C@@H](Cc1ccc3ccccc3c1)NS2(=N)=O. The van der Waals surface area contributed by atoms with Crippen molar-refractivity contribution in [2.45, 2.75) is 30.2 Å². The van der Waals surface area contributed by atoms with Crippen molar-refractivity contribution in [3.8, 4) is 0 Å². The van der Waals surface area contributed by atoms with Gasteiger partial charge in [0.05, 0.1) is 4.90 Å². The average Bonchev–Trinajstić information content (AvgIpc) is 3.11. The highest BCUT2D eigenvalue weighted by Gasteiger charge is 2.31. The van der Waals surface area contributed by atoms with Crippen LogP contribution in [0.25, 0.3) is 10.8 Å². The van der Waals surface area contributed by atoms with Gasteiger partial charge in [0.25, 0.3) is 5.91 Å². The van der Waals surface area contributed by atoms with E-state index in [0.717, 1.165) is 28.5 Å². The molecule has 0 radical (unpaired) electrons. The van der Waals surface area contributed by atoms with Gasteiger partial charge in [-0.15, -0.1) is 0 Å². The molecule has 0 bridgehead atoms. The van der Waals surface area contributed by atoms with Crippen LogP contribution in [0, 0.1) is 16.4 Å². The summed E-state index contributed by atoms with van der Waals surface area (Å²) in [6.45, 7) is 0. The van der Waals surface area contributed by atoms with Gasteiger partial charge in [-0.1, -0.05) is 42.5 Å². The number of carbonyl (C=O) groups is 1. The Bertz CT molecular complexity index is 1560. The first-order valence-electron chi connectivity index (χ1n) is 11.2. The summed E-state index contributed by atoms with van der Waals surface area (Å²) < 4.78 is 53.4. The standard InChI is InChI=1S/C26H24F2N4O2S/c1-32-15-24-21(25(32)26(33)30-19-9-11-22(27)23(28)14-19)10-8-20(31-35(24,29)34)13-16-6-7-17-4-2-3-5-18(17)12-16/h2-7,9,11-12,14-15,20H,8,10,13H2,1H3,(H,30,33)(H2,29,31,34)/t20-,35?/m0/s1. The van der Waals surface area contributed by atoms with E-state index < -0.39 is 27.5 Å². The molecular weight excluding hydrogens is 470 g/mol. The number of fused-ring (bicyclic) bond motifs is 2. The van der Waals surface area contributed by atoms with Gasteiger partial charge in [0.15, 0.2) is 11.6 Å². The molecule has 3 N–H and O–H groups in total. The Hall–Kier alpha value is -3.56. The fourth-order valence-corrected chi connectivity index (χ4v) is 6.32. The number of aromatic nitrogens is 1. The fraction of sp³-hybridized carbons (Fsp3) is 0.192. The van der Waals surface area contributed by atoms with Crippen molar-refractivity contribution < 1.29 is 17.8 Å². The minimum absolute atomic E-state index is 0.108. The number of hydrogen-bond donors (Lipinski definition) is 3. The number of halogens is 2. The summed E-state index contributed by atoms with van der Waals surface area (Å²) >= 11 is 0. The van der Waals surface area contributed by atoms with E-state index in [-0.39, 0.29) is 22.3 Å². The number of anilines is 1. The third-order valence-electron chi connectivity index (χ3n) is 6.32. The van der Waals surface area contributed by atoms with Crippen LogP contribution in [-0.2, 0) is 29.8 Å². The normalized spacial score (nSPS) is 19.8. The maximum Gasteiger partial charge on any atom is 0.272 e. The highest BCUT2D eigenvalue weighted by atomic mass is 32.2. The van der Waals surface area contributed by atoms with Crippen LogP contribution in [0.1, 0.15) is 28.0 Å². The average molecular weight is 495 g/mol. The molecule has 2 atom stereocenters. The molecule has 4 aromatic rings. The van der Waals surface area contributed by atoms with Gasteiger partial charge >= 0.3 is 0 Å². The Morgan fingerprint density at radius 1 is 1.11 bits per heavy atom. The summed E-state index contributed by atoms with van der Waals surface area (Å²) in [4.78, 5) is 13.3. The molecular formula is C26H24F2N4O2S.